The lowest BCUT2D eigenvalue weighted by Crippen LogP contribution is -2.43. The Labute approximate surface area is 94.9 Å². The number of nitrogens with two attached hydrogens (primary N) is 1. The molecule has 1 atom stereocenters. The first-order valence-corrected chi connectivity index (χ1v) is 4.99. The summed E-state index contributed by atoms with van der Waals surface area (Å²) in [6.45, 7) is 0. The maximum atomic E-state index is 10.7. The molecule has 0 aliphatic heterocycles. The monoisotopic (exact) mass is 307 g/mol. The summed E-state index contributed by atoms with van der Waals surface area (Å²) in [5.41, 5.74) is 6.33. The van der Waals surface area contributed by atoms with E-state index in [2.05, 4.69) is 0 Å². The van der Waals surface area contributed by atoms with Crippen molar-refractivity contribution in [3.63, 3.8) is 0 Å². The molecule has 0 aromatic heterocycles. The van der Waals surface area contributed by atoms with E-state index in [9.17, 15) is 4.79 Å². The first-order valence-electron chi connectivity index (χ1n) is 3.91. The van der Waals surface area contributed by atoms with Gasteiger partial charge in [-0.25, -0.2) is 4.79 Å². The predicted molar refractivity (Wildman–Crippen MR) is 60.4 cm³/mol. The molecular formula is C9H10INO3. The van der Waals surface area contributed by atoms with Crippen molar-refractivity contribution >= 4 is 28.6 Å². The summed E-state index contributed by atoms with van der Waals surface area (Å²) in [7, 11) is 0. The third-order valence-corrected chi connectivity index (χ3v) is 2.60. The number of halogens is 1. The second-order valence-electron chi connectivity index (χ2n) is 3.01. The lowest BCUT2D eigenvalue weighted by molar-refractivity contribution is -0.139. The van der Waals surface area contributed by atoms with Crippen LogP contribution in [0, 0.1) is 0 Å². The van der Waals surface area contributed by atoms with E-state index in [0.717, 1.165) is 5.56 Å². The number of phenols is 1. The first-order chi connectivity index (χ1) is 6.42. The Hall–Kier alpha value is -0.820. The number of benzene rings is 1. The topological polar surface area (TPSA) is 83.5 Å². The van der Waals surface area contributed by atoms with Crippen LogP contribution >= 0.6 is 22.6 Å². The van der Waals surface area contributed by atoms with Gasteiger partial charge in [0.15, 0.2) is 3.55 Å². The highest BCUT2D eigenvalue weighted by atomic mass is 127. The third kappa shape index (κ3) is 2.85. The molecule has 0 fully saturated rings. The minimum absolute atomic E-state index is 0.153. The molecule has 0 radical (unpaired) electrons. The number of rotatable bonds is 3. The average molecular weight is 307 g/mol. The van der Waals surface area contributed by atoms with Crippen LogP contribution in [0.15, 0.2) is 24.3 Å². The van der Waals surface area contributed by atoms with E-state index in [4.69, 9.17) is 15.9 Å². The first kappa shape index (κ1) is 11.3. The van der Waals surface area contributed by atoms with E-state index in [1.165, 1.54) is 12.1 Å². The molecule has 4 N–H and O–H groups in total. The summed E-state index contributed by atoms with van der Waals surface area (Å²) < 4.78 is -1.30. The third-order valence-electron chi connectivity index (χ3n) is 1.75. The lowest BCUT2D eigenvalue weighted by Gasteiger charge is -2.16. The zero-order valence-corrected chi connectivity index (χ0v) is 9.43. The summed E-state index contributed by atoms with van der Waals surface area (Å²) in [6.07, 6.45) is 0.225. The molecule has 0 aliphatic rings. The lowest BCUT2D eigenvalue weighted by atomic mass is 10.1. The van der Waals surface area contributed by atoms with Crippen molar-refractivity contribution in [3.8, 4) is 5.75 Å². The van der Waals surface area contributed by atoms with Crippen LogP contribution in [0.25, 0.3) is 0 Å². The van der Waals surface area contributed by atoms with E-state index in [1.807, 2.05) is 0 Å². The fourth-order valence-corrected chi connectivity index (χ4v) is 1.43. The standard InChI is InChI=1S/C9H10INO3/c10-9(11,8(13)14)5-6-1-3-7(12)4-2-6/h1-4,12H,5,11H2,(H,13,14). The minimum atomic E-state index is -1.30. The number of phenolic OH excluding ortho intramolecular Hbond substituents is 1. The average Bonchev–Trinajstić information content (AvgIpc) is 2.08. The van der Waals surface area contributed by atoms with Crippen LogP contribution < -0.4 is 5.73 Å². The van der Waals surface area contributed by atoms with E-state index in [1.54, 1.807) is 34.7 Å². The van der Waals surface area contributed by atoms with Gasteiger partial charge in [-0.2, -0.15) is 0 Å². The molecule has 1 unspecified atom stereocenters. The molecule has 14 heavy (non-hydrogen) atoms. The van der Waals surface area contributed by atoms with Gasteiger partial charge in [-0.3, -0.25) is 0 Å². The van der Waals surface area contributed by atoms with Crippen molar-refractivity contribution in [1.29, 1.82) is 0 Å². The van der Waals surface area contributed by atoms with Crippen LogP contribution in [-0.2, 0) is 11.2 Å². The van der Waals surface area contributed by atoms with Gasteiger partial charge in [-0.1, -0.05) is 12.1 Å². The Morgan fingerprint density at radius 1 is 1.43 bits per heavy atom. The van der Waals surface area contributed by atoms with E-state index in [0.29, 0.717) is 0 Å². The van der Waals surface area contributed by atoms with Crippen LogP contribution in [0.4, 0.5) is 0 Å². The number of hydrogen-bond donors (Lipinski definition) is 3. The van der Waals surface area contributed by atoms with Gasteiger partial charge in [0.1, 0.15) is 5.75 Å². The highest BCUT2D eigenvalue weighted by Crippen LogP contribution is 2.20. The molecule has 0 aliphatic carbocycles. The van der Waals surface area contributed by atoms with E-state index in [-0.39, 0.29) is 12.2 Å². The van der Waals surface area contributed by atoms with Gasteiger partial charge in [0.25, 0.3) is 0 Å². The van der Waals surface area contributed by atoms with Gasteiger partial charge in [0.05, 0.1) is 0 Å². The van der Waals surface area contributed by atoms with Crippen molar-refractivity contribution < 1.29 is 15.0 Å². The highest BCUT2D eigenvalue weighted by Gasteiger charge is 2.30. The van der Waals surface area contributed by atoms with Gasteiger partial charge in [0.2, 0.25) is 0 Å². The number of aromatic hydroxyl groups is 1. The Balaban J connectivity index is 2.79. The largest absolute Gasteiger partial charge is 0.508 e. The Morgan fingerprint density at radius 2 is 1.93 bits per heavy atom. The van der Waals surface area contributed by atoms with Crippen LogP contribution in [-0.4, -0.2) is 19.7 Å². The summed E-state index contributed by atoms with van der Waals surface area (Å²) in [5, 5.41) is 17.8. The quantitative estimate of drug-likeness (QED) is 0.444. The Bertz CT molecular complexity index is 334. The summed E-state index contributed by atoms with van der Waals surface area (Å²) in [5.74, 6) is -0.897. The minimum Gasteiger partial charge on any atom is -0.508 e. The Morgan fingerprint density at radius 3 is 2.36 bits per heavy atom. The summed E-state index contributed by atoms with van der Waals surface area (Å²) in [4.78, 5) is 10.7. The number of carbonyl (C=O) groups is 1. The van der Waals surface area contributed by atoms with Crippen LogP contribution in [0.1, 0.15) is 5.56 Å². The second kappa shape index (κ2) is 4.14. The van der Waals surface area contributed by atoms with Crippen LogP contribution in [0.2, 0.25) is 0 Å². The molecule has 0 spiro atoms. The molecule has 0 heterocycles. The number of alkyl halides is 1. The Kier molecular flexibility index (Phi) is 3.33. The molecule has 1 rings (SSSR count). The van der Waals surface area contributed by atoms with Gasteiger partial charge >= 0.3 is 5.97 Å². The molecule has 76 valence electrons. The van der Waals surface area contributed by atoms with Crippen molar-refractivity contribution in [1.82, 2.24) is 0 Å². The smallest absolute Gasteiger partial charge is 0.334 e. The molecule has 4 nitrogen and oxygen atoms in total. The molecule has 5 heteroatoms. The van der Waals surface area contributed by atoms with E-state index >= 15 is 0 Å². The predicted octanol–water partition coefficient (Wildman–Crippen LogP) is 1.11. The van der Waals surface area contributed by atoms with Crippen molar-refractivity contribution in [2.75, 3.05) is 0 Å². The molecular weight excluding hydrogens is 297 g/mol. The molecule has 0 saturated carbocycles. The van der Waals surface area contributed by atoms with Crippen molar-refractivity contribution in [2.24, 2.45) is 5.73 Å². The summed E-state index contributed by atoms with van der Waals surface area (Å²) >= 11 is 1.69. The molecule has 0 bridgehead atoms. The zero-order chi connectivity index (χ0) is 10.8. The van der Waals surface area contributed by atoms with Crippen LogP contribution in [0.3, 0.4) is 0 Å². The number of aliphatic carboxylic acids is 1. The van der Waals surface area contributed by atoms with Gasteiger partial charge in [-0.05, 0) is 40.3 Å². The van der Waals surface area contributed by atoms with Gasteiger partial charge < -0.3 is 15.9 Å². The fraction of sp³-hybridized carbons (Fsp3) is 0.222. The molecule has 0 saturated heterocycles. The van der Waals surface area contributed by atoms with Crippen molar-refractivity contribution in [2.45, 2.75) is 9.97 Å². The second-order valence-corrected chi connectivity index (χ2v) is 4.94. The van der Waals surface area contributed by atoms with Gasteiger partial charge in [0, 0.05) is 6.42 Å². The molecule has 1 aromatic carbocycles. The maximum absolute atomic E-state index is 10.7. The summed E-state index contributed by atoms with van der Waals surface area (Å²) in [6, 6.07) is 6.31. The van der Waals surface area contributed by atoms with E-state index < -0.39 is 9.51 Å². The molecule has 0 amide bonds. The number of hydrogen-bond acceptors (Lipinski definition) is 3. The fourth-order valence-electron chi connectivity index (χ4n) is 0.986. The van der Waals surface area contributed by atoms with Crippen molar-refractivity contribution in [3.05, 3.63) is 29.8 Å². The zero-order valence-electron chi connectivity index (χ0n) is 7.27. The van der Waals surface area contributed by atoms with Gasteiger partial charge in [-0.15, -0.1) is 0 Å². The van der Waals surface area contributed by atoms with Crippen LogP contribution in [0.5, 0.6) is 5.75 Å². The highest BCUT2D eigenvalue weighted by molar-refractivity contribution is 14.1. The maximum Gasteiger partial charge on any atom is 0.334 e. The number of carboxylic acid groups (broad SMARTS) is 1. The number of carboxylic acids is 1. The SMILES string of the molecule is NC(I)(Cc1ccc(O)cc1)C(=O)O. The normalized spacial score (nSPS) is 14.7. The molecule has 1 aromatic rings.